The second kappa shape index (κ2) is 8.81. The summed E-state index contributed by atoms with van der Waals surface area (Å²) in [7, 11) is -2.78. The van der Waals surface area contributed by atoms with Crippen LogP contribution >= 0.6 is 10.8 Å². The van der Waals surface area contributed by atoms with Crippen LogP contribution in [0.25, 0.3) is 11.3 Å². The van der Waals surface area contributed by atoms with Gasteiger partial charge in [-0.2, -0.15) is 0 Å². The maximum atomic E-state index is 13.4. The second-order valence-corrected chi connectivity index (χ2v) is 11.3. The molecule has 0 unspecified atom stereocenters. The van der Waals surface area contributed by atoms with Gasteiger partial charge in [-0.1, -0.05) is 36.4 Å². The molecule has 1 aromatic heterocycles. The molecule has 7 nitrogen and oxygen atoms in total. The number of rotatable bonds is 8. The fourth-order valence-corrected chi connectivity index (χ4v) is 4.83. The van der Waals surface area contributed by atoms with E-state index in [2.05, 4.69) is 14.2 Å². The van der Waals surface area contributed by atoms with E-state index in [1.807, 2.05) is 43.3 Å². The third kappa shape index (κ3) is 5.08. The third-order valence-corrected chi connectivity index (χ3v) is 7.20. The number of Topliss-reactive ketones (excluding diaryl/α,β-unsaturated/α-hetero) is 1. The molecular formula is C26H26F2N2O5S. The van der Waals surface area contributed by atoms with Gasteiger partial charge >= 0.3 is 6.29 Å². The van der Waals surface area contributed by atoms with Crippen LogP contribution in [-0.4, -0.2) is 32.4 Å². The lowest BCUT2D eigenvalue weighted by Gasteiger charge is -2.27. The van der Waals surface area contributed by atoms with Gasteiger partial charge in [-0.3, -0.25) is 18.9 Å². The number of hydrogen-bond acceptors (Lipinski definition) is 7. The number of carbonyl (C=O) groups excluding carboxylic acids is 1. The van der Waals surface area contributed by atoms with Crippen LogP contribution in [0.15, 0.2) is 54.6 Å². The molecule has 0 spiro atoms. The van der Waals surface area contributed by atoms with E-state index in [0.717, 1.165) is 22.4 Å². The lowest BCUT2D eigenvalue weighted by Crippen LogP contribution is -2.26. The van der Waals surface area contributed by atoms with Gasteiger partial charge in [0.25, 0.3) is 0 Å². The van der Waals surface area contributed by atoms with Crippen LogP contribution < -0.4 is 14.2 Å². The Kier molecular flexibility index (Phi) is 6.03. The minimum absolute atomic E-state index is 0.0181. The number of fused-ring (bicyclic) bond motifs is 1. The summed E-state index contributed by atoms with van der Waals surface area (Å²) < 4.78 is 57.5. The first kappa shape index (κ1) is 24.6. The van der Waals surface area contributed by atoms with E-state index in [1.165, 1.54) is 18.4 Å². The number of pyridine rings is 1. The molecule has 2 aromatic carbocycles. The molecule has 36 heavy (non-hydrogen) atoms. The Hall–Kier alpha value is -3.05. The Morgan fingerprint density at radius 1 is 1.06 bits per heavy atom. The molecule has 3 aromatic rings. The van der Waals surface area contributed by atoms with Crippen LogP contribution in [-0.2, 0) is 23.2 Å². The van der Waals surface area contributed by atoms with Crippen molar-refractivity contribution in [3.63, 3.8) is 0 Å². The summed E-state index contributed by atoms with van der Waals surface area (Å²) in [6.07, 6.45) is -0.971. The van der Waals surface area contributed by atoms with Gasteiger partial charge in [-0.05, 0) is 54.7 Å². The maximum absolute atomic E-state index is 13.4. The predicted molar refractivity (Wildman–Crippen MR) is 132 cm³/mol. The highest BCUT2D eigenvalue weighted by molar-refractivity contribution is 8.22. The number of ketones is 1. The molecule has 2 heterocycles. The van der Waals surface area contributed by atoms with E-state index < -0.39 is 22.5 Å². The van der Waals surface area contributed by atoms with Crippen LogP contribution in [0, 0.1) is 6.92 Å². The molecule has 0 radical (unpaired) electrons. The van der Waals surface area contributed by atoms with Crippen molar-refractivity contribution in [3.05, 3.63) is 77.0 Å². The molecule has 0 bridgehead atoms. The van der Waals surface area contributed by atoms with Gasteiger partial charge in [0.15, 0.2) is 11.5 Å². The number of nitrogens with one attached hydrogen (secondary N) is 1. The smallest absolute Gasteiger partial charge is 0.395 e. The lowest BCUT2D eigenvalue weighted by molar-refractivity contribution is -0.286. The number of hydrogen-bond donors (Lipinski definition) is 3. The molecule has 190 valence electrons. The summed E-state index contributed by atoms with van der Waals surface area (Å²) in [4.78, 5) is 18.1. The normalized spacial score (nSPS) is 17.6. The van der Waals surface area contributed by atoms with Gasteiger partial charge < -0.3 is 9.47 Å². The number of aromatic nitrogens is 1. The number of halogens is 2. The van der Waals surface area contributed by atoms with E-state index in [0.29, 0.717) is 30.6 Å². The monoisotopic (exact) mass is 516 g/mol. The summed E-state index contributed by atoms with van der Waals surface area (Å²) in [6.45, 7) is 2.26. The molecule has 5 rings (SSSR count). The predicted octanol–water partition coefficient (Wildman–Crippen LogP) is 5.61. The first-order chi connectivity index (χ1) is 16.9. The number of aryl methyl sites for hydroxylation is 1. The second-order valence-electron chi connectivity index (χ2n) is 9.33. The third-order valence-electron chi connectivity index (χ3n) is 6.51. The zero-order valence-electron chi connectivity index (χ0n) is 19.8. The largest absolute Gasteiger partial charge is 0.586 e. The number of nitrogens with zero attached hydrogens (tertiary/aromatic N) is 1. The number of ether oxygens (including phenoxy) is 2. The van der Waals surface area contributed by atoms with Gasteiger partial charge in [0.2, 0.25) is 0 Å². The summed E-state index contributed by atoms with van der Waals surface area (Å²) in [5.74, 6) is -0.119. The molecule has 3 N–H and O–H groups in total. The Bertz CT molecular complexity index is 1320. The van der Waals surface area contributed by atoms with Gasteiger partial charge in [-0.25, -0.2) is 4.72 Å². The van der Waals surface area contributed by atoms with Crippen molar-refractivity contribution in [1.82, 2.24) is 9.71 Å². The van der Waals surface area contributed by atoms with Crippen molar-refractivity contribution in [2.24, 2.45) is 0 Å². The molecule has 1 aliphatic heterocycles. The fourth-order valence-electron chi connectivity index (χ4n) is 4.39. The highest BCUT2D eigenvalue weighted by Gasteiger charge is 2.52. The maximum Gasteiger partial charge on any atom is 0.586 e. The van der Waals surface area contributed by atoms with Gasteiger partial charge in [0.05, 0.1) is 11.1 Å². The van der Waals surface area contributed by atoms with Gasteiger partial charge in [-0.15, -0.1) is 19.6 Å². The Morgan fingerprint density at radius 2 is 1.75 bits per heavy atom. The molecule has 10 heteroatoms. The molecule has 1 aliphatic carbocycles. The Morgan fingerprint density at radius 3 is 2.42 bits per heavy atom. The minimum atomic E-state index is -3.70. The quantitative estimate of drug-likeness (QED) is 0.358. The summed E-state index contributed by atoms with van der Waals surface area (Å²) in [6, 6.07) is 15.9. The van der Waals surface area contributed by atoms with Crippen LogP contribution in [0.3, 0.4) is 0 Å². The topological polar surface area (TPSA) is 101 Å². The van der Waals surface area contributed by atoms with Crippen LogP contribution in [0.4, 0.5) is 8.78 Å². The van der Waals surface area contributed by atoms with E-state index in [-0.39, 0.29) is 23.7 Å². The average Bonchev–Trinajstić information content (AvgIpc) is 3.56. The lowest BCUT2D eigenvalue weighted by atomic mass is 9.88. The molecule has 0 atom stereocenters. The Labute approximate surface area is 209 Å². The Balaban J connectivity index is 1.32. The minimum Gasteiger partial charge on any atom is -0.395 e. The molecule has 0 amide bonds. The van der Waals surface area contributed by atoms with E-state index >= 15 is 0 Å². The van der Waals surface area contributed by atoms with Crippen molar-refractivity contribution in [2.45, 2.75) is 44.4 Å². The van der Waals surface area contributed by atoms with Crippen molar-refractivity contribution in [1.29, 1.82) is 0 Å². The van der Waals surface area contributed by atoms with Crippen molar-refractivity contribution >= 4 is 16.6 Å². The fraction of sp³-hybridized carbons (Fsp3) is 0.308. The molecule has 2 aliphatic rings. The van der Waals surface area contributed by atoms with E-state index in [1.54, 1.807) is 6.07 Å². The standard InChI is InChI=1S/C26H26F2N2O5S/c1-16-3-9-20(30-24(16)18-6-4-17(5-7-18)15-29-36(2,32)33)14-23(31)25(11-12-25)19-8-10-21-22(13-19)35-26(27,28)34-21/h3-10,13,29,32-33H,11-12,14-15H2,1-2H3. The average molecular weight is 517 g/mol. The first-order valence-electron chi connectivity index (χ1n) is 11.4. The zero-order chi connectivity index (χ0) is 25.7. The SMILES string of the molecule is Cc1ccc(CC(=O)C2(c3ccc4c(c3)OC(F)(F)O4)CC2)nc1-c1ccc(CNS(C)(O)O)cc1. The van der Waals surface area contributed by atoms with Crippen LogP contribution in [0.2, 0.25) is 0 Å². The number of benzene rings is 2. The highest BCUT2D eigenvalue weighted by Crippen LogP contribution is 2.52. The van der Waals surface area contributed by atoms with Crippen molar-refractivity contribution in [2.75, 3.05) is 6.26 Å². The number of carbonyl (C=O) groups is 1. The van der Waals surface area contributed by atoms with Crippen molar-refractivity contribution < 1.29 is 32.2 Å². The first-order valence-corrected chi connectivity index (χ1v) is 13.4. The summed E-state index contributed by atoms with van der Waals surface area (Å²) >= 11 is 0. The highest BCUT2D eigenvalue weighted by atomic mass is 32.3. The van der Waals surface area contributed by atoms with Crippen LogP contribution in [0.1, 0.15) is 35.2 Å². The molecule has 0 saturated heterocycles. The summed E-state index contributed by atoms with van der Waals surface area (Å²) in [5, 5.41) is 0. The molecule has 1 fully saturated rings. The van der Waals surface area contributed by atoms with Gasteiger partial charge in [0.1, 0.15) is 5.78 Å². The molecule has 1 saturated carbocycles. The molecular weight excluding hydrogens is 490 g/mol. The van der Waals surface area contributed by atoms with E-state index in [9.17, 15) is 22.7 Å². The number of alkyl halides is 2. The van der Waals surface area contributed by atoms with Gasteiger partial charge in [0, 0.05) is 30.5 Å². The van der Waals surface area contributed by atoms with Crippen LogP contribution in [0.5, 0.6) is 11.5 Å². The van der Waals surface area contributed by atoms with Crippen molar-refractivity contribution in [3.8, 4) is 22.8 Å². The van der Waals surface area contributed by atoms with E-state index in [4.69, 9.17) is 4.98 Å². The zero-order valence-corrected chi connectivity index (χ0v) is 20.6. The summed E-state index contributed by atoms with van der Waals surface area (Å²) in [5.41, 5.74) is 4.03.